The summed E-state index contributed by atoms with van der Waals surface area (Å²) in [5.74, 6) is -2.07. The largest absolute Gasteiger partial charge is 0.379 e. The van der Waals surface area contributed by atoms with Crippen molar-refractivity contribution in [1.29, 1.82) is 0 Å². The SMILES string of the molecule is CCCC[N+]1=C(/C=C/C(=C/C=C2/N(CCCS(=O)(=O)O)c3ccc4c(S(=O)(=O)O)cc(S(=O)(=O)O)cc4c3C2(C)C)c2ccc(C(=O)NCCOCCC(=O)NCc3ccc(C(=O)Nc4nnc(S(N)(=O)=O)s4)cc3)cn2)C(C)(C)c2c1ccc1ccc(S(=O)(=O)O)cc21. The molecule has 4 heterocycles. The van der Waals surface area contributed by atoms with Crippen molar-refractivity contribution in [2.75, 3.05) is 48.8 Å². The van der Waals surface area contributed by atoms with Gasteiger partial charge in [-0.05, 0) is 120 Å². The fourth-order valence-corrected chi connectivity index (χ4v) is 15.1. The van der Waals surface area contributed by atoms with Crippen LogP contribution in [0.15, 0.2) is 146 Å². The average Bonchev–Trinajstić information content (AvgIpc) is 1.55. The van der Waals surface area contributed by atoms with Gasteiger partial charge in [0.25, 0.3) is 62.3 Å². The maximum Gasteiger partial charge on any atom is 0.295 e. The molecule has 2 aliphatic rings. The summed E-state index contributed by atoms with van der Waals surface area (Å²) >= 11 is 0.595. The second kappa shape index (κ2) is 27.3. The molecule has 0 saturated heterocycles. The minimum Gasteiger partial charge on any atom is -0.379 e. The van der Waals surface area contributed by atoms with Crippen LogP contribution in [0.3, 0.4) is 0 Å². The predicted octanol–water partition coefficient (Wildman–Crippen LogP) is 7.11. The molecule has 0 atom stereocenters. The second-order valence-electron chi connectivity index (χ2n) is 23.1. The number of sulfonamides is 1. The molecule has 9 N–H and O–H groups in total. The Morgan fingerprint density at radius 3 is 2.05 bits per heavy atom. The molecule has 2 aliphatic heterocycles. The number of rotatable bonds is 26. The fourth-order valence-electron chi connectivity index (χ4n) is 11.4. The summed E-state index contributed by atoms with van der Waals surface area (Å²) in [6.07, 6.45) is 9.93. The highest BCUT2D eigenvalue weighted by molar-refractivity contribution is 7.91. The molecule has 0 saturated carbocycles. The van der Waals surface area contributed by atoms with Crippen LogP contribution in [0.2, 0.25) is 0 Å². The van der Waals surface area contributed by atoms with Crippen molar-refractivity contribution in [3.63, 3.8) is 0 Å². The Kier molecular flexibility index (Phi) is 20.4. The number of pyridine rings is 1. The second-order valence-corrected chi connectivity index (χ2v) is 31.6. The first kappa shape index (κ1) is 70.3. The Bertz CT molecular complexity index is 4930. The van der Waals surface area contributed by atoms with Crippen molar-refractivity contribution in [2.45, 2.75) is 96.7 Å². The average molecular weight is 1410 g/mol. The molecule has 94 heavy (non-hydrogen) atoms. The number of benzene rings is 5. The quantitative estimate of drug-likeness (QED) is 0.00880. The van der Waals surface area contributed by atoms with Crippen LogP contribution in [0.1, 0.15) is 103 Å². The van der Waals surface area contributed by atoms with Crippen LogP contribution in [0, 0.1) is 0 Å². The van der Waals surface area contributed by atoms with Gasteiger partial charge in [0.05, 0.1) is 45.4 Å². The number of hydrogen-bond acceptors (Lipinski definition) is 19. The molecule has 0 radical (unpaired) electrons. The smallest absolute Gasteiger partial charge is 0.295 e. The first-order valence-electron chi connectivity index (χ1n) is 28.9. The Balaban J connectivity index is 0.978. The zero-order valence-electron chi connectivity index (χ0n) is 51.1. The van der Waals surface area contributed by atoms with E-state index in [4.69, 9.17) is 14.9 Å². The third-order valence-electron chi connectivity index (χ3n) is 15.9. The highest BCUT2D eigenvalue weighted by atomic mass is 32.3. The first-order chi connectivity index (χ1) is 44.0. The van der Waals surface area contributed by atoms with E-state index in [0.29, 0.717) is 63.1 Å². The number of hydrogen-bond donors (Lipinski definition) is 8. The number of nitrogens with zero attached hydrogens (tertiary/aromatic N) is 5. The highest BCUT2D eigenvalue weighted by Gasteiger charge is 2.46. The molecule has 0 fully saturated rings. The first-order valence-corrected chi connectivity index (χ1v) is 37.2. The van der Waals surface area contributed by atoms with Gasteiger partial charge in [0.2, 0.25) is 21.1 Å². The number of aromatic nitrogens is 3. The van der Waals surface area contributed by atoms with Crippen LogP contribution in [0.25, 0.3) is 27.1 Å². The van der Waals surface area contributed by atoms with Gasteiger partial charge in [-0.25, -0.2) is 13.6 Å². The van der Waals surface area contributed by atoms with Crippen molar-refractivity contribution in [3.05, 3.63) is 161 Å². The van der Waals surface area contributed by atoms with Gasteiger partial charge in [-0.15, -0.1) is 10.2 Å². The van der Waals surface area contributed by atoms with Crippen LogP contribution in [-0.2, 0) is 77.4 Å². The number of allylic oxidation sites excluding steroid dienone is 6. The monoisotopic (exact) mass is 1400 g/mol. The van der Waals surface area contributed by atoms with E-state index in [1.54, 1.807) is 67.3 Å². The van der Waals surface area contributed by atoms with Gasteiger partial charge < -0.3 is 20.3 Å². The van der Waals surface area contributed by atoms with E-state index in [-0.39, 0.29) is 83.5 Å². The van der Waals surface area contributed by atoms with E-state index in [9.17, 15) is 74.7 Å². The molecule has 33 heteroatoms. The molecule has 0 spiro atoms. The number of ether oxygens (including phenoxy) is 1. The van der Waals surface area contributed by atoms with Crippen molar-refractivity contribution in [2.24, 2.45) is 5.14 Å². The molecule has 0 bridgehead atoms. The molecule has 7 aromatic rings. The van der Waals surface area contributed by atoms with Crippen LogP contribution in [-0.4, -0.2) is 142 Å². The summed E-state index contributed by atoms with van der Waals surface area (Å²) in [5.41, 5.74) is 3.40. The molecule has 5 aromatic carbocycles. The zero-order valence-corrected chi connectivity index (χ0v) is 56.0. The Morgan fingerprint density at radius 2 is 1.41 bits per heavy atom. The van der Waals surface area contributed by atoms with Crippen molar-refractivity contribution in [3.8, 4) is 0 Å². The normalized spacial score (nSPS) is 15.5. The summed E-state index contributed by atoms with van der Waals surface area (Å²) in [7, 11) is -23.3. The number of unbranched alkanes of at least 4 members (excludes halogenated alkanes) is 1. The van der Waals surface area contributed by atoms with Crippen molar-refractivity contribution in [1.82, 2.24) is 25.8 Å². The van der Waals surface area contributed by atoms with Crippen LogP contribution in [0.4, 0.5) is 16.5 Å². The summed E-state index contributed by atoms with van der Waals surface area (Å²) in [6.45, 7) is 10.3. The van der Waals surface area contributed by atoms with E-state index >= 15 is 0 Å². The van der Waals surface area contributed by atoms with Gasteiger partial charge in [0, 0.05) is 89.7 Å². The standard InChI is InChI=1S/C61H65N9O18S6/c1-6-7-27-69-48-21-15-38-13-18-42(92(79,80)81)32-45(38)54(48)60(2,3)51(69)23-16-39(17-24-52-61(4,5)55-46-33-43(93(82,83)84)34-50(94(85,86)87)44(46)19-22-49(55)70(52)28-8-31-90(74,75)76)47-20-14-41(36-64-47)56(72)63-26-30-88-29-25-53(71)65-35-37-9-11-40(12-10-37)57(73)66-58-67-68-59(89-58)91(62,77)78/h9-24,32-34,36H,6-8,25-31,35H2,1-5H3,(H8-,62,63,65,66,67,71,72,73,74,75,76,77,78,79,80,81,82,83,84,85,86,87)/p+1. The van der Waals surface area contributed by atoms with Crippen molar-refractivity contribution < 1.29 is 84.0 Å². The molecule has 0 unspecified atom stereocenters. The van der Waals surface area contributed by atoms with E-state index in [0.717, 1.165) is 41.3 Å². The molecule has 27 nitrogen and oxygen atoms in total. The van der Waals surface area contributed by atoms with Crippen LogP contribution >= 0.6 is 11.3 Å². The molecule has 498 valence electrons. The van der Waals surface area contributed by atoms with Gasteiger partial charge in [-0.3, -0.25) is 42.9 Å². The van der Waals surface area contributed by atoms with Crippen molar-refractivity contribution >= 4 is 129 Å². The lowest BCUT2D eigenvalue weighted by atomic mass is 9.79. The van der Waals surface area contributed by atoms with E-state index < -0.39 is 93.0 Å². The van der Waals surface area contributed by atoms with Gasteiger partial charge in [0.15, 0.2) is 5.71 Å². The number of primary sulfonamides is 1. The molecular formula is C61H66N9O18S6+. The van der Waals surface area contributed by atoms with E-state index in [1.807, 2.05) is 39.0 Å². The van der Waals surface area contributed by atoms with Crippen LogP contribution in [0.5, 0.6) is 0 Å². The van der Waals surface area contributed by atoms with E-state index in [2.05, 4.69) is 30.7 Å². The number of fused-ring (bicyclic) bond motifs is 6. The maximum absolute atomic E-state index is 13.6. The lowest BCUT2D eigenvalue weighted by molar-refractivity contribution is -0.438. The lowest BCUT2D eigenvalue weighted by Crippen LogP contribution is -2.28. The summed E-state index contributed by atoms with van der Waals surface area (Å²) in [6, 6.07) is 22.3. The number of carbonyl (C=O) groups is 3. The molecule has 9 rings (SSSR count). The minimum absolute atomic E-state index is 0.0123. The lowest BCUT2D eigenvalue weighted by Gasteiger charge is -2.27. The Morgan fingerprint density at radius 1 is 0.723 bits per heavy atom. The molecular weight excluding hydrogens is 1340 g/mol. The Hall–Kier alpha value is -8.06. The number of nitrogens with one attached hydrogen (secondary N) is 3. The summed E-state index contributed by atoms with van der Waals surface area (Å²) < 4.78 is 171. The third-order valence-corrected chi connectivity index (χ3v) is 21.4. The molecule has 3 amide bonds. The van der Waals surface area contributed by atoms with Gasteiger partial charge in [0.1, 0.15) is 11.4 Å². The third kappa shape index (κ3) is 15.8. The zero-order chi connectivity index (χ0) is 68.5. The summed E-state index contributed by atoms with van der Waals surface area (Å²) in [4.78, 5) is 43.4. The van der Waals surface area contributed by atoms with Gasteiger partial charge >= 0.3 is 0 Å². The van der Waals surface area contributed by atoms with Crippen LogP contribution < -0.4 is 26.0 Å². The van der Waals surface area contributed by atoms with E-state index in [1.165, 1.54) is 42.6 Å². The number of carbonyl (C=O) groups excluding carboxylic acids is 3. The highest BCUT2D eigenvalue weighted by Crippen LogP contribution is 2.52. The molecule has 0 aliphatic carbocycles. The topological polar surface area (TPSA) is 419 Å². The van der Waals surface area contributed by atoms with Gasteiger partial charge in [-0.1, -0.05) is 68.9 Å². The molecule has 2 aromatic heterocycles. The summed E-state index contributed by atoms with van der Waals surface area (Å²) in [5, 5.41) is 21.3. The number of anilines is 2. The Labute approximate surface area is 546 Å². The minimum atomic E-state index is -5.10. The predicted molar refractivity (Wildman–Crippen MR) is 351 cm³/mol. The maximum atomic E-state index is 13.6. The number of nitrogens with two attached hydrogens (primary N) is 1. The number of amides is 3. The van der Waals surface area contributed by atoms with Gasteiger partial charge in [-0.2, -0.15) is 38.2 Å². The fraction of sp³-hybridized carbons (Fsp3) is 0.295.